The number of ether oxygens (including phenoxy) is 2. The molecule has 1 heterocycles. The van der Waals surface area contributed by atoms with Crippen LogP contribution in [0.4, 0.5) is 17.6 Å². The van der Waals surface area contributed by atoms with Crippen molar-refractivity contribution in [1.82, 2.24) is 9.97 Å². The van der Waals surface area contributed by atoms with E-state index in [2.05, 4.69) is 25.9 Å². The van der Waals surface area contributed by atoms with E-state index in [1.54, 1.807) is 25.2 Å². The van der Waals surface area contributed by atoms with Crippen molar-refractivity contribution in [2.45, 2.75) is 13.2 Å². The number of anilines is 3. The van der Waals surface area contributed by atoms with Crippen LogP contribution in [0.25, 0.3) is 0 Å². The first kappa shape index (κ1) is 24.4. The van der Waals surface area contributed by atoms with Crippen molar-refractivity contribution < 1.29 is 29.3 Å². The van der Waals surface area contributed by atoms with Gasteiger partial charge in [-0.2, -0.15) is 9.97 Å². The van der Waals surface area contributed by atoms with Gasteiger partial charge in [-0.05, 0) is 41.5 Å². The molecule has 0 aliphatic heterocycles. The molecule has 3 aromatic rings. The molecule has 5 N–H and O–H groups in total. The minimum atomic E-state index is -0.489. The molecule has 0 radical (unpaired) electrons. The van der Waals surface area contributed by atoms with Crippen LogP contribution < -0.4 is 25.4 Å². The lowest BCUT2D eigenvalue weighted by Gasteiger charge is -2.12. The fourth-order valence-corrected chi connectivity index (χ4v) is 3.10. The molecule has 11 heteroatoms. The molecule has 0 aliphatic rings. The van der Waals surface area contributed by atoms with Crippen molar-refractivity contribution in [2.75, 3.05) is 37.2 Å². The van der Waals surface area contributed by atoms with Crippen LogP contribution in [0.3, 0.4) is 0 Å². The second-order valence-corrected chi connectivity index (χ2v) is 6.99. The van der Waals surface area contributed by atoms with Gasteiger partial charge in [0.05, 0.1) is 27.4 Å². The van der Waals surface area contributed by atoms with Gasteiger partial charge in [0.15, 0.2) is 11.5 Å². The van der Waals surface area contributed by atoms with Crippen molar-refractivity contribution in [1.29, 1.82) is 0 Å². The summed E-state index contributed by atoms with van der Waals surface area (Å²) in [7, 11) is 4.60. The van der Waals surface area contributed by atoms with Gasteiger partial charge >= 0.3 is 0 Å². The zero-order valence-electron chi connectivity index (χ0n) is 18.9. The van der Waals surface area contributed by atoms with Gasteiger partial charge in [0.2, 0.25) is 5.95 Å². The lowest BCUT2D eigenvalue weighted by atomic mass is 10.0. The number of amides is 2. The van der Waals surface area contributed by atoms with E-state index in [1.807, 2.05) is 0 Å². The number of hydrogen-bond donors (Lipinski definition) is 5. The maximum Gasteiger partial charge on any atom is 0.258 e. The van der Waals surface area contributed by atoms with E-state index in [-0.39, 0.29) is 30.5 Å². The molecule has 11 nitrogen and oxygen atoms in total. The summed E-state index contributed by atoms with van der Waals surface area (Å²) in [6.45, 7) is -0.570. The van der Waals surface area contributed by atoms with E-state index < -0.39 is 11.8 Å². The molecule has 0 bridgehead atoms. The molecule has 0 saturated heterocycles. The highest BCUT2D eigenvalue weighted by molar-refractivity contribution is 6.05. The highest BCUT2D eigenvalue weighted by Crippen LogP contribution is 2.28. The smallest absolute Gasteiger partial charge is 0.258 e. The number of carbonyl (C=O) groups excluding carboxylic acids is 2. The largest absolute Gasteiger partial charge is 0.493 e. The fraction of sp³-hybridized carbons (Fsp3) is 0.217. The first-order valence-electron chi connectivity index (χ1n) is 10.2. The van der Waals surface area contributed by atoms with E-state index in [9.17, 15) is 19.8 Å². The van der Waals surface area contributed by atoms with Crippen molar-refractivity contribution in [3.8, 4) is 11.5 Å². The average Bonchev–Trinajstić information content (AvgIpc) is 2.87. The Hall–Kier alpha value is -4.22. The van der Waals surface area contributed by atoms with E-state index in [0.717, 1.165) is 0 Å². The standard InChI is InChI=1S/C23H25N5O6/c1-24-19-10-20(25-21(31)13-4-5-15(11-29)16(8-13)12-30)27-23(26-19)28-22(32)14-6-7-17(33-2)18(9-14)34-3/h4-10,29-30H,11-12H2,1-3H3,(H3,24,25,26,27,28,31,32). The maximum absolute atomic E-state index is 12.7. The quantitative estimate of drug-likeness (QED) is 0.318. The molecule has 3 rings (SSSR count). The van der Waals surface area contributed by atoms with E-state index >= 15 is 0 Å². The molecule has 0 unspecified atom stereocenters. The molecule has 34 heavy (non-hydrogen) atoms. The van der Waals surface area contributed by atoms with Gasteiger partial charge < -0.3 is 30.3 Å². The van der Waals surface area contributed by atoms with Crippen LogP contribution >= 0.6 is 0 Å². The molecule has 178 valence electrons. The van der Waals surface area contributed by atoms with Crippen molar-refractivity contribution >= 4 is 29.4 Å². The number of rotatable bonds is 9. The molecule has 1 aromatic heterocycles. The Morgan fingerprint density at radius 3 is 2.06 bits per heavy atom. The minimum absolute atomic E-state index is 0.0337. The maximum atomic E-state index is 12.7. The van der Waals surface area contributed by atoms with E-state index in [1.165, 1.54) is 38.5 Å². The van der Waals surface area contributed by atoms with E-state index in [4.69, 9.17) is 9.47 Å². The van der Waals surface area contributed by atoms with E-state index in [0.29, 0.717) is 34.0 Å². The lowest BCUT2D eigenvalue weighted by Crippen LogP contribution is -2.18. The second-order valence-electron chi connectivity index (χ2n) is 6.99. The molecule has 0 fully saturated rings. The molecule has 0 saturated carbocycles. The number of carbonyl (C=O) groups is 2. The third-order valence-corrected chi connectivity index (χ3v) is 4.90. The molecule has 0 atom stereocenters. The predicted molar refractivity (Wildman–Crippen MR) is 125 cm³/mol. The first-order valence-corrected chi connectivity index (χ1v) is 10.2. The molecule has 0 aliphatic carbocycles. The number of methoxy groups -OCH3 is 2. The highest BCUT2D eigenvalue weighted by Gasteiger charge is 2.15. The number of hydrogen-bond acceptors (Lipinski definition) is 9. The number of nitrogens with zero attached hydrogens (tertiary/aromatic N) is 2. The predicted octanol–water partition coefficient (Wildman–Crippen LogP) is 2.02. The van der Waals surface area contributed by atoms with Crippen molar-refractivity contribution in [3.05, 3.63) is 64.7 Å². The van der Waals surface area contributed by atoms with Crippen LogP contribution in [0.15, 0.2) is 42.5 Å². The fourth-order valence-electron chi connectivity index (χ4n) is 3.10. The Morgan fingerprint density at radius 1 is 0.794 bits per heavy atom. The molecule has 0 spiro atoms. The van der Waals surface area contributed by atoms with Gasteiger partial charge in [0.25, 0.3) is 11.8 Å². The van der Waals surface area contributed by atoms with Crippen molar-refractivity contribution in [3.63, 3.8) is 0 Å². The van der Waals surface area contributed by atoms with Crippen LogP contribution in [-0.2, 0) is 13.2 Å². The topological polar surface area (TPSA) is 155 Å². The Labute approximate surface area is 195 Å². The summed E-state index contributed by atoms with van der Waals surface area (Å²) in [4.78, 5) is 33.9. The normalized spacial score (nSPS) is 10.4. The van der Waals surface area contributed by atoms with Crippen LogP contribution in [0.1, 0.15) is 31.8 Å². The van der Waals surface area contributed by atoms with Crippen LogP contribution in [0, 0.1) is 0 Å². The number of benzene rings is 2. The molecular weight excluding hydrogens is 442 g/mol. The summed E-state index contributed by atoms with van der Waals surface area (Å²) in [6, 6.07) is 10.8. The lowest BCUT2D eigenvalue weighted by molar-refractivity contribution is 0.101. The third kappa shape index (κ3) is 5.57. The summed E-state index contributed by atoms with van der Waals surface area (Å²) in [5.41, 5.74) is 1.53. The molecular formula is C23H25N5O6. The molecule has 2 amide bonds. The number of aromatic nitrogens is 2. The number of aliphatic hydroxyl groups is 2. The Balaban J connectivity index is 1.82. The minimum Gasteiger partial charge on any atom is -0.493 e. The van der Waals surface area contributed by atoms with Crippen LogP contribution in [-0.4, -0.2) is 53.3 Å². The summed E-state index contributed by atoms with van der Waals surface area (Å²) >= 11 is 0. The Morgan fingerprint density at radius 2 is 1.41 bits per heavy atom. The van der Waals surface area contributed by atoms with Crippen LogP contribution in [0.2, 0.25) is 0 Å². The SMILES string of the molecule is CNc1cc(NC(=O)c2ccc(CO)c(CO)c2)nc(NC(=O)c2ccc(OC)c(OC)c2)n1. The zero-order chi connectivity index (χ0) is 24.7. The second kappa shape index (κ2) is 11.1. The summed E-state index contributed by atoms with van der Waals surface area (Å²) in [5, 5.41) is 26.9. The molecule has 2 aromatic carbocycles. The van der Waals surface area contributed by atoms with Crippen molar-refractivity contribution in [2.24, 2.45) is 0 Å². The monoisotopic (exact) mass is 467 g/mol. The summed E-state index contributed by atoms with van der Waals surface area (Å²) in [5.74, 6) is 0.365. The third-order valence-electron chi connectivity index (χ3n) is 4.90. The number of nitrogens with one attached hydrogen (secondary N) is 3. The highest BCUT2D eigenvalue weighted by atomic mass is 16.5. The van der Waals surface area contributed by atoms with Gasteiger partial charge in [-0.25, -0.2) is 0 Å². The van der Waals surface area contributed by atoms with Gasteiger partial charge in [0.1, 0.15) is 11.6 Å². The average molecular weight is 467 g/mol. The van der Waals surface area contributed by atoms with Gasteiger partial charge in [-0.1, -0.05) is 6.07 Å². The van der Waals surface area contributed by atoms with Gasteiger partial charge in [-0.3, -0.25) is 14.9 Å². The Kier molecular flexibility index (Phi) is 7.96. The first-order chi connectivity index (χ1) is 16.4. The van der Waals surface area contributed by atoms with Gasteiger partial charge in [0, 0.05) is 24.2 Å². The number of aliphatic hydroxyl groups excluding tert-OH is 2. The summed E-state index contributed by atoms with van der Waals surface area (Å²) in [6.07, 6.45) is 0. The van der Waals surface area contributed by atoms with Gasteiger partial charge in [-0.15, -0.1) is 0 Å². The summed E-state index contributed by atoms with van der Waals surface area (Å²) < 4.78 is 10.4. The zero-order valence-corrected chi connectivity index (χ0v) is 18.9. The van der Waals surface area contributed by atoms with Crippen LogP contribution in [0.5, 0.6) is 11.5 Å². The Bertz CT molecular complexity index is 1110.